The lowest BCUT2D eigenvalue weighted by molar-refractivity contribution is 0.00254. The minimum Gasteiger partial charge on any atom is -0.444 e. The van der Waals surface area contributed by atoms with E-state index in [1.165, 1.54) is 0 Å². The van der Waals surface area contributed by atoms with E-state index in [9.17, 15) is 9.90 Å². The number of β-amino-alcohol motifs (C(OH)–C–C–N with tert-alkyl or cyclic N) is 1. The van der Waals surface area contributed by atoms with Crippen LogP contribution in [0.25, 0.3) is 0 Å². The van der Waals surface area contributed by atoms with Gasteiger partial charge in [0, 0.05) is 25.7 Å². The molecule has 1 amide bonds. The summed E-state index contributed by atoms with van der Waals surface area (Å²) in [5.41, 5.74) is -0.426. The van der Waals surface area contributed by atoms with Gasteiger partial charge in [0.2, 0.25) is 0 Å². The van der Waals surface area contributed by atoms with Crippen LogP contribution in [0.1, 0.15) is 46.5 Å². The van der Waals surface area contributed by atoms with E-state index < -0.39 is 5.60 Å². The summed E-state index contributed by atoms with van der Waals surface area (Å²) in [6.07, 6.45) is 3.58. The van der Waals surface area contributed by atoms with Crippen molar-refractivity contribution < 1.29 is 14.6 Å². The molecule has 1 unspecified atom stereocenters. The monoisotopic (exact) mass is 284 g/mol. The molecular formula is C15H28N2O3. The normalized spacial score (nSPS) is 26.6. The number of amides is 1. The first kappa shape index (κ1) is 15.6. The summed E-state index contributed by atoms with van der Waals surface area (Å²) in [5.74, 6) is 0. The van der Waals surface area contributed by atoms with Gasteiger partial charge in [-0.2, -0.15) is 0 Å². The second kappa shape index (κ2) is 6.31. The predicted molar refractivity (Wildman–Crippen MR) is 77.6 cm³/mol. The zero-order chi connectivity index (χ0) is 14.8. The molecule has 2 aliphatic rings. The van der Waals surface area contributed by atoms with Crippen LogP contribution >= 0.6 is 0 Å². The number of aliphatic hydroxyl groups is 1. The molecule has 1 atom stereocenters. The Hall–Kier alpha value is -0.810. The van der Waals surface area contributed by atoms with Crippen molar-refractivity contribution >= 4 is 6.09 Å². The van der Waals surface area contributed by atoms with Crippen LogP contribution in [0.15, 0.2) is 0 Å². The summed E-state index contributed by atoms with van der Waals surface area (Å²) >= 11 is 0. The zero-order valence-electron chi connectivity index (χ0n) is 13.0. The van der Waals surface area contributed by atoms with Gasteiger partial charge in [0.25, 0.3) is 0 Å². The SMILES string of the molecule is CC(C)(C)OC(=O)N1CCC(N2CCCC(O)C2)CC1. The van der Waals surface area contributed by atoms with E-state index in [1.807, 2.05) is 25.7 Å². The highest BCUT2D eigenvalue weighted by molar-refractivity contribution is 5.68. The van der Waals surface area contributed by atoms with Gasteiger partial charge in [0.1, 0.15) is 5.60 Å². The molecule has 2 aliphatic heterocycles. The van der Waals surface area contributed by atoms with Crippen molar-refractivity contribution in [2.45, 2.75) is 64.2 Å². The smallest absolute Gasteiger partial charge is 0.410 e. The van der Waals surface area contributed by atoms with E-state index in [1.54, 1.807) is 0 Å². The first-order chi connectivity index (χ1) is 9.35. The molecule has 116 valence electrons. The summed E-state index contributed by atoms with van der Waals surface area (Å²) in [7, 11) is 0. The first-order valence-electron chi connectivity index (χ1n) is 7.75. The van der Waals surface area contributed by atoms with Crippen molar-refractivity contribution in [1.82, 2.24) is 9.80 Å². The number of rotatable bonds is 1. The molecule has 1 N–H and O–H groups in total. The lowest BCUT2D eigenvalue weighted by Gasteiger charge is -2.41. The summed E-state index contributed by atoms with van der Waals surface area (Å²) in [6, 6.07) is 0.503. The van der Waals surface area contributed by atoms with Crippen LogP contribution in [0.4, 0.5) is 4.79 Å². The second-order valence-electron chi connectivity index (χ2n) is 6.99. The average molecular weight is 284 g/mol. The van der Waals surface area contributed by atoms with E-state index >= 15 is 0 Å². The maximum Gasteiger partial charge on any atom is 0.410 e. The topological polar surface area (TPSA) is 53.0 Å². The highest BCUT2D eigenvalue weighted by Crippen LogP contribution is 2.22. The third kappa shape index (κ3) is 4.35. The molecule has 5 heteroatoms. The van der Waals surface area contributed by atoms with Crippen molar-refractivity contribution in [2.24, 2.45) is 0 Å². The van der Waals surface area contributed by atoms with Gasteiger partial charge < -0.3 is 14.7 Å². The van der Waals surface area contributed by atoms with Crippen molar-refractivity contribution in [3.05, 3.63) is 0 Å². The zero-order valence-corrected chi connectivity index (χ0v) is 13.0. The minimum absolute atomic E-state index is 0.173. The van der Waals surface area contributed by atoms with Crippen LogP contribution in [0.3, 0.4) is 0 Å². The molecule has 0 aliphatic carbocycles. The molecule has 0 bridgehead atoms. The number of aliphatic hydroxyl groups excluding tert-OH is 1. The van der Waals surface area contributed by atoms with E-state index in [0.29, 0.717) is 6.04 Å². The summed E-state index contributed by atoms with van der Waals surface area (Å²) in [6.45, 7) is 9.07. The van der Waals surface area contributed by atoms with Crippen LogP contribution in [-0.4, -0.2) is 64.9 Å². The van der Waals surface area contributed by atoms with E-state index in [0.717, 1.165) is 51.9 Å². The van der Waals surface area contributed by atoms with Gasteiger partial charge in [-0.05, 0) is 53.0 Å². The summed E-state index contributed by atoms with van der Waals surface area (Å²) in [5, 5.41) is 9.75. The summed E-state index contributed by atoms with van der Waals surface area (Å²) in [4.78, 5) is 16.2. The molecule has 2 heterocycles. The number of carbonyl (C=O) groups excluding carboxylic acids is 1. The summed E-state index contributed by atoms with van der Waals surface area (Å²) < 4.78 is 5.41. The maximum absolute atomic E-state index is 12.0. The molecule has 0 spiro atoms. The largest absolute Gasteiger partial charge is 0.444 e. The van der Waals surface area contributed by atoms with Gasteiger partial charge in [-0.25, -0.2) is 4.79 Å². The van der Waals surface area contributed by atoms with Crippen LogP contribution < -0.4 is 0 Å². The second-order valence-corrected chi connectivity index (χ2v) is 6.99. The molecule has 0 aromatic carbocycles. The average Bonchev–Trinajstić information content (AvgIpc) is 2.37. The molecular weight excluding hydrogens is 256 g/mol. The van der Waals surface area contributed by atoms with E-state index in [2.05, 4.69) is 4.90 Å². The molecule has 2 saturated heterocycles. The Morgan fingerprint density at radius 1 is 1.15 bits per heavy atom. The minimum atomic E-state index is -0.426. The van der Waals surface area contributed by atoms with E-state index in [-0.39, 0.29) is 12.2 Å². The van der Waals surface area contributed by atoms with Crippen LogP contribution in [-0.2, 0) is 4.74 Å². The highest BCUT2D eigenvalue weighted by Gasteiger charge is 2.31. The van der Waals surface area contributed by atoms with Gasteiger partial charge in [-0.1, -0.05) is 0 Å². The molecule has 0 aromatic heterocycles. The standard InChI is InChI=1S/C15H28N2O3/c1-15(2,3)20-14(19)16-9-6-12(7-10-16)17-8-4-5-13(18)11-17/h12-13,18H,4-11H2,1-3H3. The Kier molecular flexibility index (Phi) is 4.91. The maximum atomic E-state index is 12.0. The van der Waals surface area contributed by atoms with Crippen LogP contribution in [0.5, 0.6) is 0 Å². The first-order valence-corrected chi connectivity index (χ1v) is 7.75. The number of hydrogen-bond donors (Lipinski definition) is 1. The van der Waals surface area contributed by atoms with Crippen molar-refractivity contribution in [1.29, 1.82) is 0 Å². The number of nitrogens with zero attached hydrogens (tertiary/aromatic N) is 2. The third-order valence-electron chi connectivity index (χ3n) is 4.06. The van der Waals surface area contributed by atoms with Gasteiger partial charge >= 0.3 is 6.09 Å². The van der Waals surface area contributed by atoms with Crippen molar-refractivity contribution in [3.8, 4) is 0 Å². The Balaban J connectivity index is 1.78. The van der Waals surface area contributed by atoms with Gasteiger partial charge in [0.05, 0.1) is 6.10 Å². The number of piperidine rings is 2. The number of carbonyl (C=O) groups is 1. The Bertz CT molecular complexity index is 333. The quantitative estimate of drug-likeness (QED) is 0.798. The van der Waals surface area contributed by atoms with Gasteiger partial charge in [0.15, 0.2) is 0 Å². The Morgan fingerprint density at radius 2 is 1.80 bits per heavy atom. The number of hydrogen-bond acceptors (Lipinski definition) is 4. The number of likely N-dealkylation sites (tertiary alicyclic amines) is 2. The Morgan fingerprint density at radius 3 is 2.35 bits per heavy atom. The van der Waals surface area contributed by atoms with Crippen molar-refractivity contribution in [2.75, 3.05) is 26.2 Å². The van der Waals surface area contributed by atoms with Gasteiger partial charge in [-0.3, -0.25) is 4.90 Å². The van der Waals surface area contributed by atoms with Crippen LogP contribution in [0, 0.1) is 0 Å². The van der Waals surface area contributed by atoms with Gasteiger partial charge in [-0.15, -0.1) is 0 Å². The molecule has 2 fully saturated rings. The molecule has 0 radical (unpaired) electrons. The lowest BCUT2D eigenvalue weighted by Crippen LogP contribution is -2.51. The molecule has 20 heavy (non-hydrogen) atoms. The molecule has 0 aromatic rings. The Labute approximate surface area is 121 Å². The molecule has 5 nitrogen and oxygen atoms in total. The predicted octanol–water partition coefficient (Wildman–Crippen LogP) is 1.84. The van der Waals surface area contributed by atoms with E-state index in [4.69, 9.17) is 4.74 Å². The highest BCUT2D eigenvalue weighted by atomic mass is 16.6. The fourth-order valence-corrected chi connectivity index (χ4v) is 3.05. The molecule has 2 rings (SSSR count). The number of ether oxygens (including phenoxy) is 1. The lowest BCUT2D eigenvalue weighted by atomic mass is 9.99. The van der Waals surface area contributed by atoms with Crippen LogP contribution in [0.2, 0.25) is 0 Å². The van der Waals surface area contributed by atoms with Crippen molar-refractivity contribution in [3.63, 3.8) is 0 Å². The third-order valence-corrected chi connectivity index (χ3v) is 4.06. The molecule has 0 saturated carbocycles. The fraction of sp³-hybridized carbons (Fsp3) is 0.933. The fourth-order valence-electron chi connectivity index (χ4n) is 3.05.